The van der Waals surface area contributed by atoms with Crippen molar-refractivity contribution in [3.63, 3.8) is 0 Å². The van der Waals surface area contributed by atoms with Crippen LogP contribution in [0.15, 0.2) is 51.4 Å². The molecule has 0 spiro atoms. The van der Waals surface area contributed by atoms with Crippen molar-refractivity contribution in [2.24, 2.45) is 0 Å². The molecule has 0 fully saturated rings. The number of likely N-dealkylation sites (N-methyl/N-ethyl adjacent to an activating group) is 1. The molecule has 24 heavy (non-hydrogen) atoms. The highest BCUT2D eigenvalue weighted by atomic mass is 79.9. The standard InChI is InChI=1S/C18H18Br2N2O2/c1-12-9-15(20)7-8-16(12)21-17(23)11-22(2)18(24)10-13-3-5-14(19)6-4-13/h3-9H,10-11H2,1-2H3,(H,21,23). The van der Waals surface area contributed by atoms with Gasteiger partial charge in [0.25, 0.3) is 0 Å². The van der Waals surface area contributed by atoms with Crippen molar-refractivity contribution in [2.75, 3.05) is 18.9 Å². The van der Waals surface area contributed by atoms with Gasteiger partial charge in [0, 0.05) is 21.7 Å². The molecule has 6 heteroatoms. The number of hydrogen-bond donors (Lipinski definition) is 1. The first kappa shape index (κ1) is 18.7. The van der Waals surface area contributed by atoms with Gasteiger partial charge in [-0.15, -0.1) is 0 Å². The molecule has 2 aromatic carbocycles. The lowest BCUT2D eigenvalue weighted by atomic mass is 10.1. The summed E-state index contributed by atoms with van der Waals surface area (Å²) in [4.78, 5) is 25.8. The maximum absolute atomic E-state index is 12.2. The van der Waals surface area contributed by atoms with Crippen LogP contribution >= 0.6 is 31.9 Å². The van der Waals surface area contributed by atoms with Gasteiger partial charge in [0.1, 0.15) is 0 Å². The highest BCUT2D eigenvalue weighted by molar-refractivity contribution is 9.10. The Balaban J connectivity index is 1.90. The summed E-state index contributed by atoms with van der Waals surface area (Å²) in [6.45, 7) is 1.94. The third-order valence-electron chi connectivity index (χ3n) is 3.54. The molecular weight excluding hydrogens is 436 g/mol. The van der Waals surface area contributed by atoms with Crippen LogP contribution in [0.5, 0.6) is 0 Å². The molecule has 2 rings (SSSR count). The summed E-state index contributed by atoms with van der Waals surface area (Å²) >= 11 is 6.75. The second kappa shape index (κ2) is 8.44. The molecule has 0 aliphatic carbocycles. The predicted octanol–water partition coefficient (Wildman–Crippen LogP) is 4.16. The Morgan fingerprint density at radius 2 is 1.67 bits per heavy atom. The minimum absolute atomic E-state index is 0.0187. The van der Waals surface area contributed by atoms with Crippen molar-refractivity contribution in [1.82, 2.24) is 4.90 Å². The van der Waals surface area contributed by atoms with E-state index in [-0.39, 0.29) is 24.8 Å². The van der Waals surface area contributed by atoms with Crippen LogP contribution in [0.3, 0.4) is 0 Å². The molecule has 0 saturated heterocycles. The molecule has 0 bridgehead atoms. The van der Waals surface area contributed by atoms with Gasteiger partial charge in [0.2, 0.25) is 11.8 Å². The van der Waals surface area contributed by atoms with E-state index in [1.165, 1.54) is 4.90 Å². The van der Waals surface area contributed by atoms with Gasteiger partial charge in [-0.25, -0.2) is 0 Å². The van der Waals surface area contributed by atoms with Gasteiger partial charge in [-0.1, -0.05) is 44.0 Å². The molecule has 0 heterocycles. The Kier molecular flexibility index (Phi) is 6.57. The van der Waals surface area contributed by atoms with Crippen LogP contribution < -0.4 is 5.32 Å². The van der Waals surface area contributed by atoms with Gasteiger partial charge < -0.3 is 10.2 Å². The molecule has 0 aliphatic heterocycles. The number of carbonyl (C=O) groups is 2. The second-order valence-corrected chi connectivity index (χ2v) is 7.39. The van der Waals surface area contributed by atoms with Crippen LogP contribution in [-0.2, 0) is 16.0 Å². The molecule has 0 unspecified atom stereocenters. The largest absolute Gasteiger partial charge is 0.336 e. The van der Waals surface area contributed by atoms with Crippen LogP contribution in [0.4, 0.5) is 5.69 Å². The van der Waals surface area contributed by atoms with E-state index >= 15 is 0 Å². The molecule has 2 amide bonds. The quantitative estimate of drug-likeness (QED) is 0.738. The first-order valence-corrected chi connectivity index (χ1v) is 8.98. The maximum atomic E-state index is 12.2. The molecule has 126 valence electrons. The summed E-state index contributed by atoms with van der Waals surface area (Å²) in [6.07, 6.45) is 0.272. The Bertz CT molecular complexity index is 745. The van der Waals surface area contributed by atoms with E-state index in [1.807, 2.05) is 49.4 Å². The van der Waals surface area contributed by atoms with Crippen molar-refractivity contribution in [3.8, 4) is 0 Å². The smallest absolute Gasteiger partial charge is 0.243 e. The molecule has 0 saturated carbocycles. The third kappa shape index (κ3) is 5.46. The highest BCUT2D eigenvalue weighted by Crippen LogP contribution is 2.20. The number of benzene rings is 2. The van der Waals surface area contributed by atoms with Crippen LogP contribution in [-0.4, -0.2) is 30.3 Å². The monoisotopic (exact) mass is 452 g/mol. The van der Waals surface area contributed by atoms with Gasteiger partial charge in [-0.3, -0.25) is 9.59 Å². The zero-order chi connectivity index (χ0) is 17.7. The molecular formula is C18H18Br2N2O2. The Morgan fingerprint density at radius 3 is 2.29 bits per heavy atom. The van der Waals surface area contributed by atoms with Crippen LogP contribution in [0.1, 0.15) is 11.1 Å². The maximum Gasteiger partial charge on any atom is 0.243 e. The third-order valence-corrected chi connectivity index (χ3v) is 4.56. The fraction of sp³-hybridized carbons (Fsp3) is 0.222. The molecule has 4 nitrogen and oxygen atoms in total. The number of nitrogens with one attached hydrogen (secondary N) is 1. The van der Waals surface area contributed by atoms with E-state index < -0.39 is 0 Å². The van der Waals surface area contributed by atoms with Gasteiger partial charge in [0.15, 0.2) is 0 Å². The summed E-state index contributed by atoms with van der Waals surface area (Å²) in [5.74, 6) is -0.313. The summed E-state index contributed by atoms with van der Waals surface area (Å²) in [5, 5.41) is 2.83. The highest BCUT2D eigenvalue weighted by Gasteiger charge is 2.14. The topological polar surface area (TPSA) is 49.4 Å². The van der Waals surface area contributed by atoms with Crippen molar-refractivity contribution in [3.05, 3.63) is 62.5 Å². The zero-order valence-corrected chi connectivity index (χ0v) is 16.6. The van der Waals surface area contributed by atoms with E-state index in [0.717, 1.165) is 25.8 Å². The van der Waals surface area contributed by atoms with Crippen molar-refractivity contribution in [2.45, 2.75) is 13.3 Å². The fourth-order valence-electron chi connectivity index (χ4n) is 2.17. The van der Waals surface area contributed by atoms with Gasteiger partial charge in [-0.2, -0.15) is 0 Å². The lowest BCUT2D eigenvalue weighted by molar-refractivity contribution is -0.132. The van der Waals surface area contributed by atoms with E-state index in [0.29, 0.717) is 0 Å². The number of amides is 2. The molecule has 0 aliphatic rings. The van der Waals surface area contributed by atoms with Crippen LogP contribution in [0, 0.1) is 6.92 Å². The normalized spacial score (nSPS) is 10.3. The van der Waals surface area contributed by atoms with Crippen LogP contribution in [0.25, 0.3) is 0 Å². The van der Waals surface area contributed by atoms with E-state index in [1.54, 1.807) is 7.05 Å². The lowest BCUT2D eigenvalue weighted by Gasteiger charge is -2.17. The summed E-state index contributed by atoms with van der Waals surface area (Å²) < 4.78 is 1.93. The van der Waals surface area contributed by atoms with Crippen molar-refractivity contribution < 1.29 is 9.59 Å². The molecule has 0 aromatic heterocycles. The van der Waals surface area contributed by atoms with Gasteiger partial charge >= 0.3 is 0 Å². The first-order chi connectivity index (χ1) is 11.3. The van der Waals surface area contributed by atoms with E-state index in [4.69, 9.17) is 0 Å². The summed E-state index contributed by atoms with van der Waals surface area (Å²) in [7, 11) is 1.63. The Labute approximate surface area is 158 Å². The number of anilines is 1. The average molecular weight is 454 g/mol. The van der Waals surface area contributed by atoms with E-state index in [2.05, 4.69) is 37.2 Å². The number of carbonyl (C=O) groups excluding carboxylic acids is 2. The number of hydrogen-bond acceptors (Lipinski definition) is 2. The summed E-state index contributed by atoms with van der Waals surface area (Å²) in [5.41, 5.74) is 2.62. The predicted molar refractivity (Wildman–Crippen MR) is 103 cm³/mol. The van der Waals surface area contributed by atoms with Crippen molar-refractivity contribution in [1.29, 1.82) is 0 Å². The van der Waals surface area contributed by atoms with Crippen molar-refractivity contribution >= 4 is 49.4 Å². The second-order valence-electron chi connectivity index (χ2n) is 5.56. The Morgan fingerprint density at radius 1 is 1.04 bits per heavy atom. The lowest BCUT2D eigenvalue weighted by Crippen LogP contribution is -2.35. The number of aryl methyl sites for hydroxylation is 1. The number of nitrogens with zero attached hydrogens (tertiary/aromatic N) is 1. The number of rotatable bonds is 5. The molecule has 0 atom stereocenters. The molecule has 1 N–H and O–H groups in total. The molecule has 2 aromatic rings. The van der Waals surface area contributed by atoms with Gasteiger partial charge in [0.05, 0.1) is 13.0 Å². The number of halogens is 2. The SMILES string of the molecule is Cc1cc(Br)ccc1NC(=O)CN(C)C(=O)Cc1ccc(Br)cc1. The molecule has 0 radical (unpaired) electrons. The first-order valence-electron chi connectivity index (χ1n) is 7.39. The minimum atomic E-state index is -0.216. The zero-order valence-electron chi connectivity index (χ0n) is 13.5. The van der Waals surface area contributed by atoms with Gasteiger partial charge in [-0.05, 0) is 48.4 Å². The average Bonchev–Trinajstić information content (AvgIpc) is 2.52. The van der Waals surface area contributed by atoms with E-state index in [9.17, 15) is 9.59 Å². The minimum Gasteiger partial charge on any atom is -0.336 e. The fourth-order valence-corrected chi connectivity index (χ4v) is 2.91. The summed E-state index contributed by atoms with van der Waals surface area (Å²) in [6, 6.07) is 13.2. The van der Waals surface area contributed by atoms with Crippen LogP contribution in [0.2, 0.25) is 0 Å². The Hall–Kier alpha value is -1.66.